The molecule has 3 rings (SSSR count). The maximum atomic E-state index is 12.7. The van der Waals surface area contributed by atoms with E-state index in [1.54, 1.807) is 12.1 Å². The number of sulfonamides is 1. The number of ether oxygens (including phenoxy) is 1. The van der Waals surface area contributed by atoms with Gasteiger partial charge in [0.05, 0.1) is 17.0 Å². The monoisotopic (exact) mass is 544 g/mol. The average Bonchev–Trinajstić information content (AvgIpc) is 2.91. The van der Waals surface area contributed by atoms with E-state index in [-0.39, 0.29) is 41.1 Å². The Kier molecular flexibility index (Phi) is 10.3. The zero-order valence-electron chi connectivity index (χ0n) is 21.2. The standard InChI is InChI=1S/C26H32N4O7S/c1-18(31)37-16-15-28-26(34)23-12-9-21(17-29-23)25(33)30-38(35,36)22-10-7-19(8-11-22)13-14-27-24(32)20-5-3-2-4-6-20/h7-12,17,20H,2-6,13-16H2,1H3,(H,27,32)(H,28,34)(H,30,33). The number of nitrogens with zero attached hydrogens (tertiary/aromatic N) is 1. The highest BCUT2D eigenvalue weighted by Gasteiger charge is 2.21. The molecule has 38 heavy (non-hydrogen) atoms. The summed E-state index contributed by atoms with van der Waals surface area (Å²) in [5, 5.41) is 5.46. The number of carbonyl (C=O) groups excluding carboxylic acids is 4. The van der Waals surface area contributed by atoms with Gasteiger partial charge in [0.2, 0.25) is 5.91 Å². The molecular formula is C26H32N4O7S. The third kappa shape index (κ3) is 8.65. The summed E-state index contributed by atoms with van der Waals surface area (Å²) in [5.41, 5.74) is 0.818. The molecule has 0 unspecified atom stereocenters. The van der Waals surface area contributed by atoms with Crippen LogP contribution >= 0.6 is 0 Å². The first-order chi connectivity index (χ1) is 18.2. The van der Waals surface area contributed by atoms with E-state index in [2.05, 4.69) is 15.6 Å². The first-order valence-electron chi connectivity index (χ1n) is 12.5. The van der Waals surface area contributed by atoms with Gasteiger partial charge < -0.3 is 15.4 Å². The third-order valence-electron chi connectivity index (χ3n) is 6.10. The molecule has 2 aromatic rings. The van der Waals surface area contributed by atoms with Crippen molar-refractivity contribution in [2.45, 2.75) is 50.3 Å². The van der Waals surface area contributed by atoms with Crippen LogP contribution in [-0.2, 0) is 30.8 Å². The number of aromatic nitrogens is 1. The molecule has 1 aromatic carbocycles. The van der Waals surface area contributed by atoms with Crippen molar-refractivity contribution >= 4 is 33.7 Å². The molecule has 11 nitrogen and oxygen atoms in total. The molecular weight excluding hydrogens is 512 g/mol. The van der Waals surface area contributed by atoms with Crippen LogP contribution in [0.1, 0.15) is 65.4 Å². The Balaban J connectivity index is 1.48. The van der Waals surface area contributed by atoms with Gasteiger partial charge in [0.1, 0.15) is 12.3 Å². The van der Waals surface area contributed by atoms with Crippen LogP contribution in [-0.4, -0.2) is 56.8 Å². The number of hydrogen-bond donors (Lipinski definition) is 3. The quantitative estimate of drug-likeness (QED) is 0.285. The second kappa shape index (κ2) is 13.7. The van der Waals surface area contributed by atoms with Crippen molar-refractivity contribution in [3.63, 3.8) is 0 Å². The SMILES string of the molecule is CC(=O)OCCNC(=O)c1ccc(C(=O)NS(=O)(=O)c2ccc(CCNC(=O)C3CCCCC3)cc2)cn1. The van der Waals surface area contributed by atoms with Gasteiger partial charge in [-0.05, 0) is 49.1 Å². The van der Waals surface area contributed by atoms with E-state index in [1.165, 1.54) is 37.6 Å². The third-order valence-corrected chi connectivity index (χ3v) is 7.45. The van der Waals surface area contributed by atoms with Gasteiger partial charge in [-0.3, -0.25) is 24.2 Å². The Hall–Kier alpha value is -3.80. The molecule has 0 spiro atoms. The molecule has 3 amide bonds. The summed E-state index contributed by atoms with van der Waals surface area (Å²) < 4.78 is 32.0. The maximum absolute atomic E-state index is 12.7. The number of nitrogens with one attached hydrogen (secondary N) is 3. The molecule has 0 aliphatic heterocycles. The Bertz CT molecular complexity index is 1240. The lowest BCUT2D eigenvalue weighted by molar-refractivity contribution is -0.140. The highest BCUT2D eigenvalue weighted by molar-refractivity contribution is 7.90. The summed E-state index contributed by atoms with van der Waals surface area (Å²) >= 11 is 0. The summed E-state index contributed by atoms with van der Waals surface area (Å²) in [5.74, 6) is -1.73. The van der Waals surface area contributed by atoms with Crippen LogP contribution in [0.4, 0.5) is 0 Å². The second-order valence-electron chi connectivity index (χ2n) is 8.98. The van der Waals surface area contributed by atoms with Gasteiger partial charge in [-0.25, -0.2) is 13.1 Å². The summed E-state index contributed by atoms with van der Waals surface area (Å²) in [6, 6.07) is 8.64. The van der Waals surface area contributed by atoms with Gasteiger partial charge in [-0.1, -0.05) is 31.4 Å². The van der Waals surface area contributed by atoms with Gasteiger partial charge in [0.25, 0.3) is 21.8 Å². The highest BCUT2D eigenvalue weighted by Crippen LogP contribution is 2.23. The van der Waals surface area contributed by atoms with Crippen molar-refractivity contribution in [3.05, 3.63) is 59.4 Å². The Morgan fingerprint density at radius 2 is 1.63 bits per heavy atom. The van der Waals surface area contributed by atoms with Crippen LogP contribution in [0.15, 0.2) is 47.5 Å². The van der Waals surface area contributed by atoms with Crippen molar-refractivity contribution in [1.29, 1.82) is 0 Å². The van der Waals surface area contributed by atoms with Gasteiger partial charge in [0, 0.05) is 25.6 Å². The van der Waals surface area contributed by atoms with E-state index >= 15 is 0 Å². The van der Waals surface area contributed by atoms with E-state index in [0.29, 0.717) is 13.0 Å². The van der Waals surface area contributed by atoms with E-state index < -0.39 is 27.8 Å². The minimum atomic E-state index is -4.14. The number of esters is 1. The molecule has 0 atom stereocenters. The molecule has 1 aromatic heterocycles. The van der Waals surface area contributed by atoms with E-state index in [1.807, 2.05) is 4.72 Å². The fourth-order valence-electron chi connectivity index (χ4n) is 4.03. The summed E-state index contributed by atoms with van der Waals surface area (Å²) in [4.78, 5) is 51.3. The molecule has 12 heteroatoms. The minimum absolute atomic E-state index is 0.0113. The van der Waals surface area contributed by atoms with Crippen LogP contribution in [0.25, 0.3) is 0 Å². The lowest BCUT2D eigenvalue weighted by atomic mass is 9.88. The molecule has 0 bridgehead atoms. The first kappa shape index (κ1) is 28.8. The van der Waals surface area contributed by atoms with E-state index in [0.717, 1.165) is 37.4 Å². The Labute approximate surface area is 221 Å². The topological polar surface area (TPSA) is 161 Å². The van der Waals surface area contributed by atoms with Crippen LogP contribution in [0.3, 0.4) is 0 Å². The Morgan fingerprint density at radius 3 is 2.26 bits per heavy atom. The number of rotatable bonds is 11. The van der Waals surface area contributed by atoms with Crippen LogP contribution in [0.5, 0.6) is 0 Å². The Morgan fingerprint density at radius 1 is 0.921 bits per heavy atom. The number of hydrogen-bond acceptors (Lipinski definition) is 8. The van der Waals surface area contributed by atoms with Gasteiger partial charge in [-0.2, -0.15) is 0 Å². The van der Waals surface area contributed by atoms with Crippen molar-refractivity contribution in [2.24, 2.45) is 5.92 Å². The highest BCUT2D eigenvalue weighted by atomic mass is 32.2. The molecule has 0 radical (unpaired) electrons. The van der Waals surface area contributed by atoms with Crippen LogP contribution < -0.4 is 15.4 Å². The summed E-state index contributed by atoms with van der Waals surface area (Å²) in [6.45, 7) is 1.82. The van der Waals surface area contributed by atoms with Gasteiger partial charge in [-0.15, -0.1) is 0 Å². The largest absolute Gasteiger partial charge is 0.464 e. The number of pyridine rings is 1. The minimum Gasteiger partial charge on any atom is -0.464 e. The average molecular weight is 545 g/mol. The summed E-state index contributed by atoms with van der Waals surface area (Å²) in [6.07, 6.45) is 6.87. The van der Waals surface area contributed by atoms with Crippen molar-refractivity contribution in [3.8, 4) is 0 Å². The van der Waals surface area contributed by atoms with Gasteiger partial charge in [0.15, 0.2) is 0 Å². The van der Waals surface area contributed by atoms with Crippen molar-refractivity contribution < 1.29 is 32.3 Å². The fraction of sp³-hybridized carbons (Fsp3) is 0.423. The smallest absolute Gasteiger partial charge is 0.302 e. The summed E-state index contributed by atoms with van der Waals surface area (Å²) in [7, 11) is -4.14. The number of benzene rings is 1. The fourth-order valence-corrected chi connectivity index (χ4v) is 5.00. The van der Waals surface area contributed by atoms with Crippen molar-refractivity contribution in [2.75, 3.05) is 19.7 Å². The number of amides is 3. The second-order valence-corrected chi connectivity index (χ2v) is 10.7. The molecule has 1 saturated carbocycles. The molecule has 3 N–H and O–H groups in total. The lowest BCUT2D eigenvalue weighted by Crippen LogP contribution is -2.33. The van der Waals surface area contributed by atoms with Crippen molar-refractivity contribution in [1.82, 2.24) is 20.3 Å². The lowest BCUT2D eigenvalue weighted by Gasteiger charge is -2.20. The van der Waals surface area contributed by atoms with E-state index in [4.69, 9.17) is 4.74 Å². The van der Waals surface area contributed by atoms with Gasteiger partial charge >= 0.3 is 5.97 Å². The molecule has 1 heterocycles. The zero-order chi connectivity index (χ0) is 27.5. The molecule has 1 fully saturated rings. The predicted octanol–water partition coefficient (Wildman–Crippen LogP) is 1.73. The normalized spacial score (nSPS) is 13.8. The zero-order valence-corrected chi connectivity index (χ0v) is 22.0. The van der Waals surface area contributed by atoms with E-state index in [9.17, 15) is 27.6 Å². The molecule has 204 valence electrons. The first-order valence-corrected chi connectivity index (χ1v) is 14.0. The predicted molar refractivity (Wildman–Crippen MR) is 138 cm³/mol. The maximum Gasteiger partial charge on any atom is 0.302 e. The van der Waals surface area contributed by atoms with Crippen LogP contribution in [0, 0.1) is 5.92 Å². The molecule has 0 saturated heterocycles. The number of carbonyl (C=O) groups is 4. The molecule has 1 aliphatic carbocycles. The molecule has 1 aliphatic rings. The van der Waals surface area contributed by atoms with Crippen LogP contribution in [0.2, 0.25) is 0 Å².